The zero-order chi connectivity index (χ0) is 24.9. The highest BCUT2D eigenvalue weighted by atomic mass is 32.2. The number of carbonyl (C=O) groups excluding carboxylic acids is 2. The first-order chi connectivity index (χ1) is 15.1. The molecule has 0 aliphatic rings. The van der Waals surface area contributed by atoms with Crippen LogP contribution in [0, 0.1) is 0 Å². The minimum absolute atomic E-state index is 0.0420. The maximum absolute atomic E-state index is 13.1. The van der Waals surface area contributed by atoms with E-state index in [0.29, 0.717) is 12.0 Å². The Morgan fingerprint density at radius 2 is 1.45 bits per heavy atom. The third-order valence-corrected chi connectivity index (χ3v) is 6.19. The van der Waals surface area contributed by atoms with Crippen LogP contribution in [0.25, 0.3) is 0 Å². The van der Waals surface area contributed by atoms with E-state index < -0.39 is 33.3 Å². The number of hydrogen-bond donors (Lipinski definition) is 2. The molecule has 0 fully saturated rings. The van der Waals surface area contributed by atoms with Crippen LogP contribution in [0.4, 0.5) is 4.79 Å². The highest BCUT2D eigenvalue weighted by Gasteiger charge is 2.25. The molecule has 7 nitrogen and oxygen atoms in total. The van der Waals surface area contributed by atoms with E-state index >= 15 is 0 Å². The van der Waals surface area contributed by atoms with Gasteiger partial charge in [-0.15, -0.1) is 0 Å². The van der Waals surface area contributed by atoms with Gasteiger partial charge in [-0.25, -0.2) is 17.9 Å². The first kappa shape index (κ1) is 26.5. The highest BCUT2D eigenvalue weighted by molar-refractivity contribution is 7.89. The standard InChI is InChI=1S/C25H34N2O5S/c1-24(2,3)27-33(30,31)20-14-12-19(13-15-20)17-22(28)21(16-18-10-8-7-9-11-18)26-23(29)32-25(4,5)6/h7-15,21,27H,16-17H2,1-6H3,(H,26,29)/t21-/m0/s1. The summed E-state index contributed by atoms with van der Waals surface area (Å²) in [5, 5.41) is 2.69. The maximum atomic E-state index is 13.1. The van der Waals surface area contributed by atoms with E-state index in [0.717, 1.165) is 5.56 Å². The molecule has 0 bridgehead atoms. The summed E-state index contributed by atoms with van der Waals surface area (Å²) in [4.78, 5) is 25.5. The fraction of sp³-hybridized carbons (Fsp3) is 0.440. The Hall–Kier alpha value is -2.71. The van der Waals surface area contributed by atoms with Crippen LogP contribution < -0.4 is 10.0 Å². The van der Waals surface area contributed by atoms with E-state index in [1.165, 1.54) is 12.1 Å². The lowest BCUT2D eigenvalue weighted by atomic mass is 9.98. The van der Waals surface area contributed by atoms with Crippen molar-refractivity contribution in [1.82, 2.24) is 10.0 Å². The summed E-state index contributed by atoms with van der Waals surface area (Å²) in [6.45, 7) is 10.6. The van der Waals surface area contributed by atoms with Crippen LogP contribution in [0.2, 0.25) is 0 Å². The van der Waals surface area contributed by atoms with Crippen LogP contribution in [0.3, 0.4) is 0 Å². The zero-order valence-corrected chi connectivity index (χ0v) is 21.0. The Balaban J connectivity index is 2.16. The van der Waals surface area contributed by atoms with Crippen molar-refractivity contribution < 1.29 is 22.7 Å². The molecular weight excluding hydrogens is 440 g/mol. The summed E-state index contributed by atoms with van der Waals surface area (Å²) in [7, 11) is -3.66. The predicted octanol–water partition coefficient (Wildman–Crippen LogP) is 4.01. The third-order valence-electron chi connectivity index (χ3n) is 4.41. The number of benzene rings is 2. The molecule has 0 unspecified atom stereocenters. The van der Waals surface area contributed by atoms with Gasteiger partial charge in [0.25, 0.3) is 0 Å². The molecule has 0 aliphatic carbocycles. The SMILES string of the molecule is CC(C)(C)NS(=O)(=O)c1ccc(CC(=O)[C@H](Cc2ccccc2)NC(=O)OC(C)(C)C)cc1. The Morgan fingerprint density at radius 3 is 1.97 bits per heavy atom. The Labute approximate surface area is 197 Å². The van der Waals surface area contributed by atoms with E-state index in [-0.39, 0.29) is 17.1 Å². The number of Topliss-reactive ketones (excluding diaryl/α,β-unsaturated/α-hetero) is 1. The first-order valence-corrected chi connectivity index (χ1v) is 12.3. The number of rotatable bonds is 8. The van der Waals surface area contributed by atoms with Gasteiger partial charge in [-0.3, -0.25) is 4.79 Å². The van der Waals surface area contributed by atoms with Crippen molar-refractivity contribution in [3.63, 3.8) is 0 Å². The van der Waals surface area contributed by atoms with Gasteiger partial charge in [0.15, 0.2) is 5.78 Å². The van der Waals surface area contributed by atoms with E-state index in [9.17, 15) is 18.0 Å². The van der Waals surface area contributed by atoms with Crippen molar-refractivity contribution in [2.24, 2.45) is 0 Å². The van der Waals surface area contributed by atoms with Gasteiger partial charge in [0.1, 0.15) is 5.60 Å². The van der Waals surface area contributed by atoms with Crippen molar-refractivity contribution in [1.29, 1.82) is 0 Å². The average molecular weight is 475 g/mol. The molecule has 2 aromatic carbocycles. The summed E-state index contributed by atoms with van der Waals surface area (Å²) in [5.74, 6) is -0.201. The molecule has 8 heteroatoms. The van der Waals surface area contributed by atoms with Crippen LogP contribution in [0.5, 0.6) is 0 Å². The van der Waals surface area contributed by atoms with Gasteiger partial charge in [-0.2, -0.15) is 0 Å². The minimum atomic E-state index is -3.66. The summed E-state index contributed by atoms with van der Waals surface area (Å²) in [6, 6.07) is 14.8. The summed E-state index contributed by atoms with van der Waals surface area (Å²) in [5.41, 5.74) is 0.263. The average Bonchev–Trinajstić information content (AvgIpc) is 2.65. The van der Waals surface area contributed by atoms with E-state index in [1.807, 2.05) is 30.3 Å². The maximum Gasteiger partial charge on any atom is 0.408 e. The van der Waals surface area contributed by atoms with E-state index in [1.54, 1.807) is 53.7 Å². The summed E-state index contributed by atoms with van der Waals surface area (Å²) < 4.78 is 32.9. The van der Waals surface area contributed by atoms with E-state index in [2.05, 4.69) is 10.0 Å². The van der Waals surface area contributed by atoms with Gasteiger partial charge in [0.05, 0.1) is 10.9 Å². The lowest BCUT2D eigenvalue weighted by Gasteiger charge is -2.23. The molecule has 1 amide bonds. The third kappa shape index (κ3) is 9.35. The molecular formula is C25H34N2O5S. The number of carbonyl (C=O) groups is 2. The second-order valence-corrected chi connectivity index (χ2v) is 11.7. The number of sulfonamides is 1. The molecule has 0 saturated carbocycles. The number of ether oxygens (including phenoxy) is 1. The van der Waals surface area contributed by atoms with Crippen LogP contribution in [-0.4, -0.2) is 37.5 Å². The number of alkyl carbamates (subject to hydrolysis) is 1. The van der Waals surface area contributed by atoms with Gasteiger partial charge >= 0.3 is 6.09 Å². The molecule has 2 aromatic rings. The van der Waals surface area contributed by atoms with Crippen LogP contribution in [-0.2, 0) is 32.4 Å². The monoisotopic (exact) mass is 474 g/mol. The molecule has 0 aromatic heterocycles. The summed E-state index contributed by atoms with van der Waals surface area (Å²) in [6.07, 6.45) is -0.298. The molecule has 0 radical (unpaired) electrons. The smallest absolute Gasteiger partial charge is 0.408 e. The Kier molecular flexibility index (Phi) is 8.43. The number of hydrogen-bond acceptors (Lipinski definition) is 5. The number of ketones is 1. The van der Waals surface area contributed by atoms with Crippen LogP contribution in [0.1, 0.15) is 52.7 Å². The van der Waals surface area contributed by atoms with Gasteiger partial charge in [0.2, 0.25) is 10.0 Å². The fourth-order valence-electron chi connectivity index (χ4n) is 3.12. The van der Waals surface area contributed by atoms with Crippen molar-refractivity contribution >= 4 is 21.9 Å². The first-order valence-electron chi connectivity index (χ1n) is 10.8. The minimum Gasteiger partial charge on any atom is -0.444 e. The number of nitrogens with one attached hydrogen (secondary N) is 2. The van der Waals surface area contributed by atoms with Crippen molar-refractivity contribution in [2.75, 3.05) is 0 Å². The predicted molar refractivity (Wildman–Crippen MR) is 129 cm³/mol. The van der Waals surface area contributed by atoms with Gasteiger partial charge < -0.3 is 10.1 Å². The normalized spacial score (nSPS) is 13.3. The molecule has 33 heavy (non-hydrogen) atoms. The molecule has 180 valence electrons. The Morgan fingerprint density at radius 1 is 0.879 bits per heavy atom. The van der Waals surface area contributed by atoms with Crippen LogP contribution in [0.15, 0.2) is 59.5 Å². The van der Waals surface area contributed by atoms with Crippen molar-refractivity contribution in [3.8, 4) is 0 Å². The van der Waals surface area contributed by atoms with Gasteiger partial charge in [-0.05, 0) is 71.2 Å². The fourth-order valence-corrected chi connectivity index (χ4v) is 4.54. The van der Waals surface area contributed by atoms with Gasteiger partial charge in [0, 0.05) is 12.0 Å². The molecule has 0 aliphatic heterocycles. The second-order valence-electron chi connectivity index (χ2n) is 10.0. The lowest BCUT2D eigenvalue weighted by molar-refractivity contribution is -0.120. The zero-order valence-electron chi connectivity index (χ0n) is 20.1. The van der Waals surface area contributed by atoms with Crippen LogP contribution >= 0.6 is 0 Å². The molecule has 1 atom stereocenters. The highest BCUT2D eigenvalue weighted by Crippen LogP contribution is 2.16. The largest absolute Gasteiger partial charge is 0.444 e. The van der Waals surface area contributed by atoms with E-state index in [4.69, 9.17) is 4.74 Å². The molecule has 2 N–H and O–H groups in total. The lowest BCUT2D eigenvalue weighted by Crippen LogP contribution is -2.45. The van der Waals surface area contributed by atoms with Crippen molar-refractivity contribution in [3.05, 3.63) is 65.7 Å². The Bertz CT molecular complexity index is 1050. The second kappa shape index (κ2) is 10.5. The van der Waals surface area contributed by atoms with Crippen molar-refractivity contribution in [2.45, 2.75) is 76.5 Å². The number of amides is 1. The summed E-state index contributed by atoms with van der Waals surface area (Å²) >= 11 is 0. The topological polar surface area (TPSA) is 102 Å². The quantitative estimate of drug-likeness (QED) is 0.602. The molecule has 0 heterocycles. The molecule has 2 rings (SSSR count). The van der Waals surface area contributed by atoms with Gasteiger partial charge in [-0.1, -0.05) is 42.5 Å². The molecule has 0 spiro atoms. The molecule has 0 saturated heterocycles.